The van der Waals surface area contributed by atoms with E-state index in [0.29, 0.717) is 13.1 Å². The molecule has 0 aromatic carbocycles. The SMILES string of the molecule is CCc1nsc(N2CCCN(C(=O)NCCCn3ccnn3)CC2)n1. The predicted octanol–water partition coefficient (Wildman–Crippen LogP) is 1.00. The summed E-state index contributed by atoms with van der Waals surface area (Å²) >= 11 is 1.45. The van der Waals surface area contributed by atoms with Crippen LogP contribution >= 0.6 is 11.5 Å². The molecule has 0 unspecified atom stereocenters. The molecule has 1 aliphatic heterocycles. The van der Waals surface area contributed by atoms with Crippen LogP contribution in [-0.2, 0) is 13.0 Å². The van der Waals surface area contributed by atoms with Crippen LogP contribution in [0.2, 0.25) is 0 Å². The molecule has 0 bridgehead atoms. The molecular formula is C15H24N8OS. The molecule has 9 nitrogen and oxygen atoms in total. The van der Waals surface area contributed by atoms with Gasteiger partial charge < -0.3 is 15.1 Å². The van der Waals surface area contributed by atoms with Gasteiger partial charge in [0.15, 0.2) is 0 Å². The molecule has 136 valence electrons. The molecule has 0 saturated carbocycles. The number of carbonyl (C=O) groups is 1. The third kappa shape index (κ3) is 4.88. The summed E-state index contributed by atoms with van der Waals surface area (Å²) in [7, 11) is 0. The van der Waals surface area contributed by atoms with Gasteiger partial charge in [-0.2, -0.15) is 4.37 Å². The average molecular weight is 364 g/mol. The van der Waals surface area contributed by atoms with Crippen LogP contribution in [0.15, 0.2) is 12.4 Å². The first-order valence-electron chi connectivity index (χ1n) is 8.70. The van der Waals surface area contributed by atoms with Crippen molar-refractivity contribution in [1.82, 2.24) is 34.6 Å². The summed E-state index contributed by atoms with van der Waals surface area (Å²) in [5.41, 5.74) is 0. The van der Waals surface area contributed by atoms with Gasteiger partial charge in [0.05, 0.1) is 6.20 Å². The molecule has 1 N–H and O–H groups in total. The third-order valence-corrected chi connectivity index (χ3v) is 4.95. The molecule has 0 atom stereocenters. The molecule has 10 heteroatoms. The van der Waals surface area contributed by atoms with Gasteiger partial charge in [-0.3, -0.25) is 4.68 Å². The quantitative estimate of drug-likeness (QED) is 0.769. The lowest BCUT2D eigenvalue weighted by atomic mass is 10.4. The minimum Gasteiger partial charge on any atom is -0.345 e. The maximum Gasteiger partial charge on any atom is 0.317 e. The molecular weight excluding hydrogens is 340 g/mol. The van der Waals surface area contributed by atoms with Crippen molar-refractivity contribution in [1.29, 1.82) is 0 Å². The number of rotatable bonds is 6. The van der Waals surface area contributed by atoms with Crippen LogP contribution in [0, 0.1) is 0 Å². The number of aryl methyl sites for hydroxylation is 2. The number of hydrogen-bond acceptors (Lipinski definition) is 7. The maximum atomic E-state index is 12.3. The van der Waals surface area contributed by atoms with Crippen LogP contribution in [-0.4, -0.2) is 68.0 Å². The van der Waals surface area contributed by atoms with Crippen molar-refractivity contribution in [2.24, 2.45) is 0 Å². The Hall–Kier alpha value is -2.23. The Labute approximate surface area is 151 Å². The molecule has 0 aliphatic carbocycles. The number of urea groups is 1. The zero-order valence-electron chi connectivity index (χ0n) is 14.5. The van der Waals surface area contributed by atoms with Gasteiger partial charge in [-0.15, -0.1) is 5.10 Å². The van der Waals surface area contributed by atoms with E-state index in [-0.39, 0.29) is 6.03 Å². The monoisotopic (exact) mass is 364 g/mol. The van der Waals surface area contributed by atoms with Crippen molar-refractivity contribution in [2.45, 2.75) is 32.7 Å². The summed E-state index contributed by atoms with van der Waals surface area (Å²) in [6, 6.07) is 0.00644. The Morgan fingerprint density at radius 3 is 3.00 bits per heavy atom. The molecule has 1 fully saturated rings. The highest BCUT2D eigenvalue weighted by molar-refractivity contribution is 7.09. The van der Waals surface area contributed by atoms with E-state index in [9.17, 15) is 4.79 Å². The summed E-state index contributed by atoms with van der Waals surface area (Å²) in [4.78, 5) is 21.0. The maximum absolute atomic E-state index is 12.3. The second-order valence-corrected chi connectivity index (χ2v) is 6.66. The lowest BCUT2D eigenvalue weighted by Crippen LogP contribution is -2.42. The highest BCUT2D eigenvalue weighted by atomic mass is 32.1. The van der Waals surface area contributed by atoms with E-state index in [0.717, 1.165) is 56.4 Å². The van der Waals surface area contributed by atoms with Crippen molar-refractivity contribution in [3.8, 4) is 0 Å². The Kier molecular flexibility index (Phi) is 6.15. The van der Waals surface area contributed by atoms with Crippen LogP contribution in [0.3, 0.4) is 0 Å². The lowest BCUT2D eigenvalue weighted by molar-refractivity contribution is 0.201. The molecule has 0 spiro atoms. The van der Waals surface area contributed by atoms with E-state index >= 15 is 0 Å². The van der Waals surface area contributed by atoms with Gasteiger partial charge in [-0.25, -0.2) is 9.78 Å². The van der Waals surface area contributed by atoms with E-state index in [4.69, 9.17) is 0 Å². The fourth-order valence-corrected chi connectivity index (χ4v) is 3.53. The molecule has 0 radical (unpaired) electrons. The number of aromatic nitrogens is 5. The van der Waals surface area contributed by atoms with Crippen molar-refractivity contribution in [2.75, 3.05) is 37.6 Å². The molecule has 3 rings (SSSR count). The topological polar surface area (TPSA) is 92.1 Å². The van der Waals surface area contributed by atoms with Crippen LogP contribution in [0.1, 0.15) is 25.6 Å². The molecule has 2 amide bonds. The number of amides is 2. The summed E-state index contributed by atoms with van der Waals surface area (Å²) in [5.74, 6) is 0.895. The fourth-order valence-electron chi connectivity index (χ4n) is 2.73. The van der Waals surface area contributed by atoms with Gasteiger partial charge in [0.2, 0.25) is 5.13 Å². The minimum atomic E-state index is 0.00644. The summed E-state index contributed by atoms with van der Waals surface area (Å²) in [5, 5.41) is 11.6. The van der Waals surface area contributed by atoms with E-state index < -0.39 is 0 Å². The predicted molar refractivity (Wildman–Crippen MR) is 95.7 cm³/mol. The lowest BCUT2D eigenvalue weighted by Gasteiger charge is -2.21. The Balaban J connectivity index is 1.41. The third-order valence-electron chi connectivity index (χ3n) is 4.14. The Morgan fingerprint density at radius 1 is 1.32 bits per heavy atom. The van der Waals surface area contributed by atoms with E-state index in [1.165, 1.54) is 11.5 Å². The van der Waals surface area contributed by atoms with Crippen molar-refractivity contribution < 1.29 is 4.79 Å². The van der Waals surface area contributed by atoms with Gasteiger partial charge in [0.25, 0.3) is 0 Å². The first-order valence-corrected chi connectivity index (χ1v) is 9.48. The first kappa shape index (κ1) is 17.6. The Bertz CT molecular complexity index is 658. The van der Waals surface area contributed by atoms with Gasteiger partial charge >= 0.3 is 6.03 Å². The zero-order chi connectivity index (χ0) is 17.5. The number of nitrogens with zero attached hydrogens (tertiary/aromatic N) is 7. The fraction of sp³-hybridized carbons (Fsp3) is 0.667. The normalized spacial score (nSPS) is 15.2. The molecule has 1 aliphatic rings. The number of hydrogen-bond donors (Lipinski definition) is 1. The van der Waals surface area contributed by atoms with E-state index in [2.05, 4.69) is 36.8 Å². The number of anilines is 1. The van der Waals surface area contributed by atoms with Crippen molar-refractivity contribution in [3.63, 3.8) is 0 Å². The van der Waals surface area contributed by atoms with Crippen molar-refractivity contribution >= 4 is 22.7 Å². The molecule has 25 heavy (non-hydrogen) atoms. The molecule has 1 saturated heterocycles. The number of carbonyl (C=O) groups excluding carboxylic acids is 1. The minimum absolute atomic E-state index is 0.00644. The van der Waals surface area contributed by atoms with Gasteiger partial charge in [0, 0.05) is 63.4 Å². The zero-order valence-corrected chi connectivity index (χ0v) is 15.3. The number of nitrogens with one attached hydrogen (secondary N) is 1. The first-order chi connectivity index (χ1) is 12.3. The van der Waals surface area contributed by atoms with Crippen LogP contribution in [0.25, 0.3) is 0 Å². The molecule has 3 heterocycles. The summed E-state index contributed by atoms with van der Waals surface area (Å²) in [6.45, 7) is 6.63. The van der Waals surface area contributed by atoms with Crippen molar-refractivity contribution in [3.05, 3.63) is 18.2 Å². The van der Waals surface area contributed by atoms with Gasteiger partial charge in [0.1, 0.15) is 5.82 Å². The van der Waals surface area contributed by atoms with Crippen LogP contribution < -0.4 is 10.2 Å². The second-order valence-electron chi connectivity index (χ2n) is 5.93. The van der Waals surface area contributed by atoms with Crippen LogP contribution in [0.5, 0.6) is 0 Å². The Morgan fingerprint density at radius 2 is 2.24 bits per heavy atom. The van der Waals surface area contributed by atoms with E-state index in [1.807, 2.05) is 11.1 Å². The van der Waals surface area contributed by atoms with Crippen LogP contribution in [0.4, 0.5) is 9.93 Å². The summed E-state index contributed by atoms with van der Waals surface area (Å²) < 4.78 is 6.12. The molecule has 2 aromatic rings. The smallest absolute Gasteiger partial charge is 0.317 e. The standard InChI is InChI=1S/C15H24N8OS/c1-2-13-18-15(25-19-13)22-8-4-7-21(11-12-22)14(24)16-5-3-9-23-10-6-17-20-23/h6,10H,2-5,7-9,11-12H2,1H3,(H,16,24). The second kappa shape index (κ2) is 8.75. The van der Waals surface area contributed by atoms with Gasteiger partial charge in [-0.05, 0) is 12.8 Å². The average Bonchev–Trinajstić information content (AvgIpc) is 3.26. The van der Waals surface area contributed by atoms with Gasteiger partial charge in [-0.1, -0.05) is 12.1 Å². The molecule has 2 aromatic heterocycles. The largest absolute Gasteiger partial charge is 0.345 e. The highest BCUT2D eigenvalue weighted by Gasteiger charge is 2.20. The van der Waals surface area contributed by atoms with E-state index in [1.54, 1.807) is 10.9 Å². The highest BCUT2D eigenvalue weighted by Crippen LogP contribution is 2.19. The summed E-state index contributed by atoms with van der Waals surface area (Å²) in [6.07, 6.45) is 6.10.